The lowest BCUT2D eigenvalue weighted by atomic mass is 9.96. The van der Waals surface area contributed by atoms with E-state index >= 15 is 0 Å². The van der Waals surface area contributed by atoms with Gasteiger partial charge in [0.2, 0.25) is 5.91 Å². The van der Waals surface area contributed by atoms with Crippen molar-refractivity contribution in [1.29, 1.82) is 0 Å². The number of hydrogen-bond donors (Lipinski definition) is 0. The molecule has 1 atom stereocenters. The van der Waals surface area contributed by atoms with Crippen LogP contribution in [0.2, 0.25) is 0 Å². The van der Waals surface area contributed by atoms with Crippen molar-refractivity contribution in [2.24, 2.45) is 5.92 Å². The van der Waals surface area contributed by atoms with E-state index in [1.54, 1.807) is 12.4 Å². The van der Waals surface area contributed by atoms with Gasteiger partial charge in [-0.15, -0.1) is 10.2 Å². The smallest absolute Gasteiger partial charge is 0.227 e. The highest BCUT2D eigenvalue weighted by molar-refractivity contribution is 5.80. The summed E-state index contributed by atoms with van der Waals surface area (Å²) in [6.07, 6.45) is 6.55. The Morgan fingerprint density at radius 1 is 0.912 bits per heavy atom. The summed E-state index contributed by atoms with van der Waals surface area (Å²) in [5, 5.41) is 8.86. The Morgan fingerprint density at radius 3 is 2.50 bits per heavy atom. The zero-order chi connectivity index (χ0) is 23.2. The van der Waals surface area contributed by atoms with E-state index < -0.39 is 0 Å². The summed E-state index contributed by atoms with van der Waals surface area (Å²) in [5.74, 6) is 1.17. The molecule has 7 heteroatoms. The second-order valence-corrected chi connectivity index (χ2v) is 9.21. The topological polar surface area (TPSA) is 65.5 Å². The first-order valence-corrected chi connectivity index (χ1v) is 12.3. The zero-order valence-electron chi connectivity index (χ0n) is 19.6. The molecule has 2 saturated heterocycles. The summed E-state index contributed by atoms with van der Waals surface area (Å²) in [5.41, 5.74) is 3.14. The first kappa shape index (κ1) is 22.5. The average molecular weight is 457 g/mol. The minimum atomic E-state index is 0.0319. The second-order valence-electron chi connectivity index (χ2n) is 9.21. The molecule has 7 nitrogen and oxygen atoms in total. The van der Waals surface area contributed by atoms with Crippen molar-refractivity contribution in [2.45, 2.75) is 19.3 Å². The van der Waals surface area contributed by atoms with Crippen LogP contribution in [-0.2, 0) is 11.2 Å². The van der Waals surface area contributed by atoms with Crippen molar-refractivity contribution < 1.29 is 4.79 Å². The summed E-state index contributed by atoms with van der Waals surface area (Å²) in [7, 11) is 0. The van der Waals surface area contributed by atoms with E-state index in [9.17, 15) is 4.79 Å². The molecule has 4 heterocycles. The summed E-state index contributed by atoms with van der Waals surface area (Å²) in [6, 6.07) is 18.5. The van der Waals surface area contributed by atoms with Gasteiger partial charge in [0.05, 0.1) is 11.6 Å². The summed E-state index contributed by atoms with van der Waals surface area (Å²) in [6.45, 7) is 6.24. The summed E-state index contributed by atoms with van der Waals surface area (Å²) >= 11 is 0. The molecule has 2 aliphatic heterocycles. The number of piperazine rings is 1. The number of aromatic nitrogens is 3. The van der Waals surface area contributed by atoms with Gasteiger partial charge in [-0.1, -0.05) is 30.3 Å². The third-order valence-electron chi connectivity index (χ3n) is 6.95. The molecule has 2 aliphatic rings. The number of piperidine rings is 1. The number of benzene rings is 1. The van der Waals surface area contributed by atoms with Crippen molar-refractivity contribution in [3.05, 3.63) is 72.6 Å². The molecule has 2 fully saturated rings. The number of nitrogens with zero attached hydrogens (tertiary/aromatic N) is 6. The molecule has 2 aromatic heterocycles. The monoisotopic (exact) mass is 456 g/mol. The maximum Gasteiger partial charge on any atom is 0.227 e. The highest BCUT2D eigenvalue weighted by atomic mass is 16.2. The van der Waals surface area contributed by atoms with Crippen molar-refractivity contribution in [2.75, 3.05) is 50.7 Å². The molecular weight excluding hydrogens is 424 g/mol. The number of rotatable bonds is 6. The normalized spacial score (nSPS) is 19.2. The van der Waals surface area contributed by atoms with Crippen LogP contribution >= 0.6 is 0 Å². The molecule has 176 valence electrons. The molecule has 0 N–H and O–H groups in total. The molecule has 1 unspecified atom stereocenters. The van der Waals surface area contributed by atoms with Crippen LogP contribution in [-0.4, -0.2) is 76.7 Å². The van der Waals surface area contributed by atoms with Crippen molar-refractivity contribution in [1.82, 2.24) is 25.0 Å². The minimum Gasteiger partial charge on any atom is -0.354 e. The van der Waals surface area contributed by atoms with Gasteiger partial charge in [-0.3, -0.25) is 14.7 Å². The Kier molecular flexibility index (Phi) is 7.10. The van der Waals surface area contributed by atoms with Crippen LogP contribution in [0.25, 0.3) is 11.3 Å². The van der Waals surface area contributed by atoms with Gasteiger partial charge in [-0.2, -0.15) is 0 Å². The van der Waals surface area contributed by atoms with Gasteiger partial charge in [0.15, 0.2) is 5.82 Å². The van der Waals surface area contributed by atoms with E-state index in [1.165, 1.54) is 5.56 Å². The summed E-state index contributed by atoms with van der Waals surface area (Å²) < 4.78 is 0. The van der Waals surface area contributed by atoms with E-state index in [0.717, 1.165) is 75.6 Å². The maximum absolute atomic E-state index is 13.3. The zero-order valence-corrected chi connectivity index (χ0v) is 19.6. The molecular formula is C27H32N6O. The summed E-state index contributed by atoms with van der Waals surface area (Å²) in [4.78, 5) is 24.2. The molecule has 5 rings (SSSR count). The Morgan fingerprint density at radius 2 is 1.76 bits per heavy atom. The fraction of sp³-hybridized carbons (Fsp3) is 0.407. The van der Waals surface area contributed by atoms with Crippen molar-refractivity contribution in [3.8, 4) is 11.3 Å². The Labute approximate surface area is 201 Å². The standard InChI is InChI=1S/C27H32N6O/c34-27(32-18-16-31(17-19-32)15-12-22-6-2-1-3-7-22)24-9-5-14-33(21-24)26-11-10-25(29-30-26)23-8-4-13-28-20-23/h1-4,6-8,10-11,13,20,24H,5,9,12,14-19,21H2. The van der Waals surface area contributed by atoms with Gasteiger partial charge in [0.25, 0.3) is 0 Å². The van der Waals surface area contributed by atoms with Crippen LogP contribution in [0.1, 0.15) is 18.4 Å². The fourth-order valence-corrected chi connectivity index (χ4v) is 4.93. The third-order valence-corrected chi connectivity index (χ3v) is 6.95. The lowest BCUT2D eigenvalue weighted by molar-refractivity contribution is -0.137. The molecule has 0 spiro atoms. The van der Waals surface area contributed by atoms with Crippen LogP contribution in [0.3, 0.4) is 0 Å². The van der Waals surface area contributed by atoms with Crippen molar-refractivity contribution >= 4 is 11.7 Å². The predicted octanol–water partition coefficient (Wildman–Crippen LogP) is 3.14. The molecule has 1 amide bonds. The third kappa shape index (κ3) is 5.42. The van der Waals surface area contributed by atoms with E-state index in [2.05, 4.69) is 60.2 Å². The van der Waals surface area contributed by atoms with E-state index in [0.29, 0.717) is 12.5 Å². The molecule has 0 saturated carbocycles. The highest BCUT2D eigenvalue weighted by Crippen LogP contribution is 2.25. The number of carbonyl (C=O) groups is 1. The molecule has 1 aromatic carbocycles. The lowest BCUT2D eigenvalue weighted by Gasteiger charge is -2.39. The van der Waals surface area contributed by atoms with Gasteiger partial charge in [-0.25, -0.2) is 0 Å². The van der Waals surface area contributed by atoms with E-state index in [-0.39, 0.29) is 5.92 Å². The second kappa shape index (κ2) is 10.7. The van der Waals surface area contributed by atoms with Gasteiger partial charge in [-0.05, 0) is 49.1 Å². The lowest BCUT2D eigenvalue weighted by Crippen LogP contribution is -2.52. The van der Waals surface area contributed by atoms with Crippen LogP contribution in [0.4, 0.5) is 5.82 Å². The van der Waals surface area contributed by atoms with Gasteiger partial charge < -0.3 is 9.80 Å². The number of anilines is 1. The van der Waals surface area contributed by atoms with Crippen molar-refractivity contribution in [3.63, 3.8) is 0 Å². The van der Waals surface area contributed by atoms with E-state index in [4.69, 9.17) is 0 Å². The van der Waals surface area contributed by atoms with Crippen LogP contribution < -0.4 is 4.90 Å². The molecule has 0 radical (unpaired) electrons. The largest absolute Gasteiger partial charge is 0.354 e. The number of hydrogen-bond acceptors (Lipinski definition) is 6. The van der Waals surface area contributed by atoms with Crippen LogP contribution in [0, 0.1) is 5.92 Å². The van der Waals surface area contributed by atoms with E-state index in [1.807, 2.05) is 24.3 Å². The van der Waals surface area contributed by atoms with Gasteiger partial charge >= 0.3 is 0 Å². The molecule has 0 bridgehead atoms. The number of pyridine rings is 1. The van der Waals surface area contributed by atoms with Gasteiger partial charge in [0, 0.05) is 63.8 Å². The first-order valence-electron chi connectivity index (χ1n) is 12.3. The molecule has 3 aromatic rings. The van der Waals surface area contributed by atoms with Crippen LogP contribution in [0.5, 0.6) is 0 Å². The molecule has 34 heavy (non-hydrogen) atoms. The Balaban J connectivity index is 1.12. The number of carbonyl (C=O) groups excluding carboxylic acids is 1. The highest BCUT2D eigenvalue weighted by Gasteiger charge is 2.31. The maximum atomic E-state index is 13.3. The first-order chi connectivity index (χ1) is 16.8. The van der Waals surface area contributed by atoms with Crippen LogP contribution in [0.15, 0.2) is 67.0 Å². The quantitative estimate of drug-likeness (QED) is 0.568. The predicted molar refractivity (Wildman–Crippen MR) is 133 cm³/mol. The Bertz CT molecular complexity index is 1050. The Hall–Kier alpha value is -3.32. The molecule has 0 aliphatic carbocycles. The minimum absolute atomic E-state index is 0.0319. The SMILES string of the molecule is O=C(C1CCCN(c2ccc(-c3cccnc3)nn2)C1)N1CCN(CCc2ccccc2)CC1. The fourth-order valence-electron chi connectivity index (χ4n) is 4.93. The average Bonchev–Trinajstić information content (AvgIpc) is 2.93. The number of amides is 1. The van der Waals surface area contributed by atoms with Gasteiger partial charge in [0.1, 0.15) is 0 Å².